The summed E-state index contributed by atoms with van der Waals surface area (Å²) in [6.45, 7) is 0.634. The first-order valence-corrected chi connectivity index (χ1v) is 7.03. The predicted molar refractivity (Wildman–Crippen MR) is 75.3 cm³/mol. The Kier molecular flexibility index (Phi) is 3.14. The molecule has 1 aliphatic rings. The molecule has 2 aromatic rings. The molecule has 2 nitrogen and oxygen atoms in total. The Morgan fingerprint density at radius 3 is 2.61 bits per heavy atom. The van der Waals surface area contributed by atoms with Crippen LogP contribution in [-0.4, -0.2) is 11.7 Å². The van der Waals surface area contributed by atoms with E-state index in [0.717, 1.165) is 33.7 Å². The molecule has 1 saturated heterocycles. The summed E-state index contributed by atoms with van der Waals surface area (Å²) >= 11 is 3.46. The molecule has 3 rings (SSSR count). The maximum atomic E-state index is 10.5. The number of aliphatic hydroxyl groups is 1. The zero-order valence-electron chi connectivity index (χ0n) is 10.0. The molecule has 18 heavy (non-hydrogen) atoms. The molecule has 0 spiro atoms. The van der Waals surface area contributed by atoms with Gasteiger partial charge in [0.25, 0.3) is 0 Å². The highest BCUT2D eigenvalue weighted by Gasteiger charge is 2.32. The molecule has 0 saturated carbocycles. The lowest BCUT2D eigenvalue weighted by Crippen LogP contribution is -2.33. The summed E-state index contributed by atoms with van der Waals surface area (Å²) in [4.78, 5) is 0. The van der Waals surface area contributed by atoms with E-state index >= 15 is 0 Å². The third-order valence-electron chi connectivity index (χ3n) is 3.50. The molecule has 0 amide bonds. The quantitative estimate of drug-likeness (QED) is 0.864. The molecule has 0 aromatic heterocycles. The fraction of sp³-hybridized carbons (Fsp3) is 0.333. The SMILES string of the molecule is OC1(c2ccc3cc(Br)ccc3c2)CCCCO1. The van der Waals surface area contributed by atoms with Crippen LogP contribution < -0.4 is 0 Å². The molecule has 94 valence electrons. The first-order chi connectivity index (χ1) is 8.67. The summed E-state index contributed by atoms with van der Waals surface area (Å²) in [7, 11) is 0. The van der Waals surface area contributed by atoms with Crippen LogP contribution in [0.25, 0.3) is 10.8 Å². The lowest BCUT2D eigenvalue weighted by molar-refractivity contribution is -0.233. The van der Waals surface area contributed by atoms with Crippen molar-refractivity contribution in [3.63, 3.8) is 0 Å². The van der Waals surface area contributed by atoms with Gasteiger partial charge in [-0.15, -0.1) is 0 Å². The van der Waals surface area contributed by atoms with Gasteiger partial charge in [-0.25, -0.2) is 0 Å². The predicted octanol–water partition coefficient (Wildman–Crippen LogP) is 3.95. The van der Waals surface area contributed by atoms with Gasteiger partial charge < -0.3 is 9.84 Å². The van der Waals surface area contributed by atoms with Crippen molar-refractivity contribution in [2.24, 2.45) is 0 Å². The molecular weight excluding hydrogens is 292 g/mol. The minimum atomic E-state index is -1.10. The second kappa shape index (κ2) is 4.65. The largest absolute Gasteiger partial charge is 0.362 e. The van der Waals surface area contributed by atoms with Crippen LogP contribution in [0.1, 0.15) is 24.8 Å². The Balaban J connectivity index is 2.05. The molecule has 2 aromatic carbocycles. The number of fused-ring (bicyclic) bond motifs is 1. The van der Waals surface area contributed by atoms with Crippen LogP contribution in [0.5, 0.6) is 0 Å². The van der Waals surface area contributed by atoms with E-state index in [2.05, 4.69) is 28.1 Å². The van der Waals surface area contributed by atoms with E-state index in [0.29, 0.717) is 13.0 Å². The molecule has 1 aliphatic heterocycles. The molecule has 1 unspecified atom stereocenters. The molecule has 0 radical (unpaired) electrons. The van der Waals surface area contributed by atoms with Gasteiger partial charge in [-0.05, 0) is 41.8 Å². The number of hydrogen-bond donors (Lipinski definition) is 1. The summed E-state index contributed by atoms with van der Waals surface area (Å²) in [5, 5.41) is 12.8. The highest BCUT2D eigenvalue weighted by atomic mass is 79.9. The van der Waals surface area contributed by atoms with E-state index in [9.17, 15) is 5.11 Å². The molecule has 0 aliphatic carbocycles. The van der Waals surface area contributed by atoms with Crippen LogP contribution in [0.2, 0.25) is 0 Å². The number of rotatable bonds is 1. The molecule has 3 heteroatoms. The summed E-state index contributed by atoms with van der Waals surface area (Å²) in [5.74, 6) is -1.10. The van der Waals surface area contributed by atoms with E-state index in [1.165, 1.54) is 0 Å². The van der Waals surface area contributed by atoms with Crippen molar-refractivity contribution in [2.45, 2.75) is 25.0 Å². The van der Waals surface area contributed by atoms with Crippen LogP contribution >= 0.6 is 15.9 Å². The van der Waals surface area contributed by atoms with E-state index in [4.69, 9.17) is 4.74 Å². The maximum Gasteiger partial charge on any atom is 0.192 e. The highest BCUT2D eigenvalue weighted by molar-refractivity contribution is 9.10. The smallest absolute Gasteiger partial charge is 0.192 e. The topological polar surface area (TPSA) is 29.5 Å². The van der Waals surface area contributed by atoms with Crippen molar-refractivity contribution in [1.29, 1.82) is 0 Å². The van der Waals surface area contributed by atoms with Crippen LogP contribution in [0.15, 0.2) is 40.9 Å². The second-order valence-corrected chi connectivity index (χ2v) is 5.71. The van der Waals surface area contributed by atoms with Gasteiger partial charge in [0.05, 0.1) is 6.61 Å². The number of ether oxygens (including phenoxy) is 1. The Hall–Kier alpha value is -0.900. The molecule has 1 heterocycles. The van der Waals surface area contributed by atoms with Gasteiger partial charge in [0, 0.05) is 16.5 Å². The van der Waals surface area contributed by atoms with Crippen molar-refractivity contribution >= 4 is 26.7 Å². The van der Waals surface area contributed by atoms with E-state index in [1.54, 1.807) is 0 Å². The van der Waals surface area contributed by atoms with Crippen molar-refractivity contribution in [3.8, 4) is 0 Å². The van der Waals surface area contributed by atoms with Crippen molar-refractivity contribution in [2.75, 3.05) is 6.61 Å². The monoisotopic (exact) mass is 306 g/mol. The summed E-state index contributed by atoms with van der Waals surface area (Å²) in [5.41, 5.74) is 0.858. The third kappa shape index (κ3) is 2.18. The highest BCUT2D eigenvalue weighted by Crippen LogP contribution is 2.34. The zero-order valence-corrected chi connectivity index (χ0v) is 11.6. The number of halogens is 1. The Morgan fingerprint density at radius 2 is 1.83 bits per heavy atom. The summed E-state index contributed by atoms with van der Waals surface area (Å²) in [6.07, 6.45) is 2.72. The summed E-state index contributed by atoms with van der Waals surface area (Å²) in [6, 6.07) is 12.1. The average Bonchev–Trinajstić information content (AvgIpc) is 2.39. The van der Waals surface area contributed by atoms with Gasteiger partial charge in [0.1, 0.15) is 0 Å². The van der Waals surface area contributed by atoms with Crippen molar-refractivity contribution in [1.82, 2.24) is 0 Å². The van der Waals surface area contributed by atoms with Crippen LogP contribution in [0.4, 0.5) is 0 Å². The number of benzene rings is 2. The van der Waals surface area contributed by atoms with Gasteiger partial charge in [0.2, 0.25) is 0 Å². The molecule has 1 fully saturated rings. The Bertz CT molecular complexity index is 574. The molecule has 0 bridgehead atoms. The lowest BCUT2D eigenvalue weighted by atomic mass is 9.95. The van der Waals surface area contributed by atoms with E-state index in [-0.39, 0.29) is 0 Å². The van der Waals surface area contributed by atoms with Crippen LogP contribution in [-0.2, 0) is 10.5 Å². The minimum absolute atomic E-state index is 0.634. The van der Waals surface area contributed by atoms with Gasteiger partial charge in [-0.1, -0.05) is 34.1 Å². The van der Waals surface area contributed by atoms with Gasteiger partial charge in [-0.3, -0.25) is 0 Å². The van der Waals surface area contributed by atoms with Gasteiger partial charge in [-0.2, -0.15) is 0 Å². The summed E-state index contributed by atoms with van der Waals surface area (Å²) < 4.78 is 6.64. The van der Waals surface area contributed by atoms with Gasteiger partial charge in [0.15, 0.2) is 5.79 Å². The zero-order chi connectivity index (χ0) is 12.6. The normalized spacial score (nSPS) is 24.3. The molecule has 1 atom stereocenters. The van der Waals surface area contributed by atoms with E-state index < -0.39 is 5.79 Å². The lowest BCUT2D eigenvalue weighted by Gasteiger charge is -2.32. The maximum absolute atomic E-state index is 10.5. The Morgan fingerprint density at radius 1 is 1.06 bits per heavy atom. The number of hydrogen-bond acceptors (Lipinski definition) is 2. The minimum Gasteiger partial charge on any atom is -0.362 e. The third-order valence-corrected chi connectivity index (χ3v) is 4.00. The first kappa shape index (κ1) is 12.2. The average molecular weight is 307 g/mol. The fourth-order valence-electron chi connectivity index (χ4n) is 2.47. The van der Waals surface area contributed by atoms with Crippen LogP contribution in [0, 0.1) is 0 Å². The molecule has 1 N–H and O–H groups in total. The van der Waals surface area contributed by atoms with Gasteiger partial charge >= 0.3 is 0 Å². The van der Waals surface area contributed by atoms with Crippen molar-refractivity contribution < 1.29 is 9.84 Å². The first-order valence-electron chi connectivity index (χ1n) is 6.24. The van der Waals surface area contributed by atoms with Crippen molar-refractivity contribution in [3.05, 3.63) is 46.4 Å². The van der Waals surface area contributed by atoms with Crippen LogP contribution in [0.3, 0.4) is 0 Å². The second-order valence-electron chi connectivity index (χ2n) is 4.80. The fourth-order valence-corrected chi connectivity index (χ4v) is 2.85. The standard InChI is InChI=1S/C15H15BrO2/c16-14-6-4-11-9-13(5-3-12(11)10-14)15(17)7-1-2-8-18-15/h3-6,9-10,17H,1-2,7-8H2. The molecular formula is C15H15BrO2. The van der Waals surface area contributed by atoms with E-state index in [1.807, 2.05) is 24.3 Å². The Labute approximate surface area is 115 Å².